The van der Waals surface area contributed by atoms with Crippen molar-refractivity contribution in [3.8, 4) is 11.8 Å². The summed E-state index contributed by atoms with van der Waals surface area (Å²) in [6.45, 7) is 6.77. The molecule has 1 fully saturated rings. The second-order valence-electron chi connectivity index (χ2n) is 8.34. The predicted octanol–water partition coefficient (Wildman–Crippen LogP) is 4.79. The number of rotatable bonds is 4. The van der Waals surface area contributed by atoms with Gasteiger partial charge in [0, 0.05) is 30.8 Å². The van der Waals surface area contributed by atoms with Gasteiger partial charge in [0.15, 0.2) is 0 Å². The summed E-state index contributed by atoms with van der Waals surface area (Å²) >= 11 is 0. The van der Waals surface area contributed by atoms with Crippen LogP contribution in [0.1, 0.15) is 56.4 Å². The Hall–Kier alpha value is -3.14. The van der Waals surface area contributed by atoms with E-state index >= 15 is 0 Å². The summed E-state index contributed by atoms with van der Waals surface area (Å²) in [5, 5.41) is 8.86. The fraction of sp³-hybridized carbons (Fsp3) is 0.435. The van der Waals surface area contributed by atoms with E-state index in [9.17, 15) is 9.18 Å². The zero-order chi connectivity index (χ0) is 21.7. The van der Waals surface area contributed by atoms with Crippen LogP contribution in [0.3, 0.4) is 0 Å². The molecule has 1 saturated heterocycles. The van der Waals surface area contributed by atoms with Crippen molar-refractivity contribution in [1.82, 2.24) is 9.88 Å². The number of pyridine rings is 1. The van der Waals surface area contributed by atoms with Crippen molar-refractivity contribution < 1.29 is 18.7 Å². The van der Waals surface area contributed by atoms with E-state index in [1.54, 1.807) is 29.3 Å². The van der Waals surface area contributed by atoms with E-state index in [4.69, 9.17) is 14.7 Å². The number of likely N-dealkylation sites (tertiary alicyclic amines) is 1. The molecule has 1 aliphatic rings. The summed E-state index contributed by atoms with van der Waals surface area (Å²) < 4.78 is 25.5. The summed E-state index contributed by atoms with van der Waals surface area (Å²) in [4.78, 5) is 18.5. The smallest absolute Gasteiger partial charge is 0.410 e. The molecule has 1 amide bonds. The topological polar surface area (TPSA) is 75.4 Å². The molecule has 3 rings (SSSR count). The summed E-state index contributed by atoms with van der Waals surface area (Å²) in [6, 6.07) is 9.85. The highest BCUT2D eigenvalue weighted by atomic mass is 19.1. The second-order valence-corrected chi connectivity index (χ2v) is 8.34. The number of aromatic nitrogens is 1. The van der Waals surface area contributed by atoms with Crippen LogP contribution in [0.25, 0.3) is 0 Å². The zero-order valence-electron chi connectivity index (χ0n) is 17.5. The maximum absolute atomic E-state index is 14.1. The number of amides is 1. The molecule has 30 heavy (non-hydrogen) atoms. The molecule has 2 aromatic rings. The molecule has 2 heterocycles. The highest BCUT2D eigenvalue weighted by Crippen LogP contribution is 2.33. The Balaban J connectivity index is 1.64. The van der Waals surface area contributed by atoms with Crippen molar-refractivity contribution in [1.29, 1.82) is 5.26 Å². The third-order valence-corrected chi connectivity index (χ3v) is 4.90. The molecule has 0 bridgehead atoms. The number of nitriles is 1. The Morgan fingerprint density at radius 3 is 2.67 bits per heavy atom. The molecule has 1 aliphatic heterocycles. The van der Waals surface area contributed by atoms with E-state index in [2.05, 4.69) is 4.98 Å². The molecule has 0 radical (unpaired) electrons. The zero-order valence-corrected chi connectivity index (χ0v) is 17.5. The minimum atomic E-state index is -0.517. The van der Waals surface area contributed by atoms with Crippen molar-refractivity contribution in [2.75, 3.05) is 13.1 Å². The number of carbonyl (C=O) groups is 1. The van der Waals surface area contributed by atoms with E-state index < -0.39 is 11.4 Å². The van der Waals surface area contributed by atoms with Gasteiger partial charge >= 0.3 is 6.09 Å². The average Bonchev–Trinajstić information content (AvgIpc) is 2.72. The molecule has 0 N–H and O–H groups in total. The van der Waals surface area contributed by atoms with Crippen molar-refractivity contribution in [2.24, 2.45) is 0 Å². The van der Waals surface area contributed by atoms with Gasteiger partial charge in [0.2, 0.25) is 0 Å². The lowest BCUT2D eigenvalue weighted by Crippen LogP contribution is -2.41. The first-order valence-corrected chi connectivity index (χ1v) is 10.0. The molecular formula is C23H26FN3O3. The molecular weight excluding hydrogens is 385 g/mol. The fourth-order valence-electron chi connectivity index (χ4n) is 3.38. The Kier molecular flexibility index (Phi) is 6.56. The van der Waals surface area contributed by atoms with Crippen molar-refractivity contribution >= 4 is 6.09 Å². The minimum Gasteiger partial charge on any atom is -0.487 e. The molecule has 7 heteroatoms. The number of carbonyl (C=O) groups excluding carboxylic acids is 1. The lowest BCUT2D eigenvalue weighted by atomic mass is 9.92. The first kappa shape index (κ1) is 21.6. The number of hydrogen-bond donors (Lipinski definition) is 0. The molecule has 158 valence electrons. The average molecular weight is 411 g/mol. The normalized spacial score (nSPS) is 14.8. The van der Waals surface area contributed by atoms with Crippen LogP contribution < -0.4 is 4.74 Å². The van der Waals surface area contributed by atoms with Gasteiger partial charge < -0.3 is 14.4 Å². The molecule has 0 spiro atoms. The van der Waals surface area contributed by atoms with Gasteiger partial charge in [-0.15, -0.1) is 0 Å². The van der Waals surface area contributed by atoms with Gasteiger partial charge in [0.05, 0.1) is 17.3 Å². The van der Waals surface area contributed by atoms with Gasteiger partial charge in [-0.3, -0.25) is 4.98 Å². The van der Waals surface area contributed by atoms with Crippen LogP contribution in [0.4, 0.5) is 9.18 Å². The first-order chi connectivity index (χ1) is 14.3. The van der Waals surface area contributed by atoms with Crippen LogP contribution in [0, 0.1) is 17.1 Å². The number of ether oxygens (including phenoxy) is 2. The van der Waals surface area contributed by atoms with E-state index in [-0.39, 0.29) is 24.2 Å². The molecule has 0 atom stereocenters. The summed E-state index contributed by atoms with van der Waals surface area (Å²) in [5.74, 6) is 0.285. The lowest BCUT2D eigenvalue weighted by Gasteiger charge is -2.33. The standard InChI is InChI=1S/C23H26FN3O3/c1-23(2,3)30-22(28)27-11-8-17(9-12-27)21-20(5-4-10-26-21)29-15-18-7-6-16(14-25)13-19(18)24/h4-7,10,13,17H,8-9,11-12,15H2,1-3H3. The molecule has 6 nitrogen and oxygen atoms in total. The van der Waals surface area contributed by atoms with Crippen molar-refractivity contribution in [2.45, 2.75) is 51.7 Å². The highest BCUT2D eigenvalue weighted by molar-refractivity contribution is 5.68. The lowest BCUT2D eigenvalue weighted by molar-refractivity contribution is 0.0203. The molecule has 0 unspecified atom stereocenters. The van der Waals surface area contributed by atoms with Gasteiger partial charge in [0.25, 0.3) is 0 Å². The Bertz CT molecular complexity index is 941. The van der Waals surface area contributed by atoms with Gasteiger partial charge in [-0.1, -0.05) is 6.07 Å². The van der Waals surface area contributed by atoms with Crippen LogP contribution in [0.2, 0.25) is 0 Å². The quantitative estimate of drug-likeness (QED) is 0.723. The summed E-state index contributed by atoms with van der Waals surface area (Å²) in [6.07, 6.45) is 2.91. The highest BCUT2D eigenvalue weighted by Gasteiger charge is 2.29. The van der Waals surface area contributed by atoms with Gasteiger partial charge in [0.1, 0.15) is 23.8 Å². The van der Waals surface area contributed by atoms with Crippen LogP contribution in [-0.4, -0.2) is 34.7 Å². The van der Waals surface area contributed by atoms with E-state index in [1.807, 2.05) is 32.9 Å². The van der Waals surface area contributed by atoms with Crippen molar-refractivity contribution in [3.05, 3.63) is 59.2 Å². The van der Waals surface area contributed by atoms with Crippen LogP contribution in [0.15, 0.2) is 36.5 Å². The van der Waals surface area contributed by atoms with Crippen LogP contribution >= 0.6 is 0 Å². The Morgan fingerprint density at radius 2 is 2.03 bits per heavy atom. The number of hydrogen-bond acceptors (Lipinski definition) is 5. The fourth-order valence-corrected chi connectivity index (χ4v) is 3.38. The van der Waals surface area contributed by atoms with E-state index in [0.29, 0.717) is 24.4 Å². The van der Waals surface area contributed by atoms with Gasteiger partial charge in [-0.05, 0) is 57.9 Å². The first-order valence-electron chi connectivity index (χ1n) is 10.0. The molecule has 1 aromatic heterocycles. The van der Waals surface area contributed by atoms with Gasteiger partial charge in [-0.25, -0.2) is 9.18 Å². The largest absolute Gasteiger partial charge is 0.487 e. The Labute approximate surface area is 176 Å². The second kappa shape index (κ2) is 9.12. The number of benzene rings is 1. The summed E-state index contributed by atoms with van der Waals surface area (Å²) in [7, 11) is 0. The summed E-state index contributed by atoms with van der Waals surface area (Å²) in [5.41, 5.74) is 0.949. The van der Waals surface area contributed by atoms with E-state index in [1.165, 1.54) is 6.07 Å². The van der Waals surface area contributed by atoms with Crippen LogP contribution in [0.5, 0.6) is 5.75 Å². The molecule has 1 aromatic carbocycles. The third-order valence-electron chi connectivity index (χ3n) is 4.90. The number of nitrogens with zero attached hydrogens (tertiary/aromatic N) is 3. The minimum absolute atomic E-state index is 0.0486. The maximum Gasteiger partial charge on any atom is 0.410 e. The third kappa shape index (κ3) is 5.47. The van der Waals surface area contributed by atoms with Gasteiger partial charge in [-0.2, -0.15) is 5.26 Å². The molecule has 0 aliphatic carbocycles. The maximum atomic E-state index is 14.1. The molecule has 0 saturated carbocycles. The Morgan fingerprint density at radius 1 is 1.30 bits per heavy atom. The number of halogens is 1. The van der Waals surface area contributed by atoms with Crippen molar-refractivity contribution in [3.63, 3.8) is 0 Å². The van der Waals surface area contributed by atoms with E-state index in [0.717, 1.165) is 18.5 Å². The SMILES string of the molecule is CC(C)(C)OC(=O)N1CCC(c2ncccc2OCc2ccc(C#N)cc2F)CC1. The predicted molar refractivity (Wildman–Crippen MR) is 109 cm³/mol. The van der Waals surface area contributed by atoms with Crippen LogP contribution in [-0.2, 0) is 11.3 Å². The monoisotopic (exact) mass is 411 g/mol. The number of piperidine rings is 1.